The maximum absolute atomic E-state index is 6.04. The molecule has 18 heavy (non-hydrogen) atoms. The molecule has 1 heterocycles. The van der Waals surface area contributed by atoms with E-state index < -0.39 is 0 Å². The number of likely N-dealkylation sites (N-methyl/N-ethyl adjacent to an activating group) is 1. The molecule has 1 aromatic rings. The van der Waals surface area contributed by atoms with E-state index in [0.717, 1.165) is 19.6 Å². The zero-order valence-corrected chi connectivity index (χ0v) is 12.0. The van der Waals surface area contributed by atoms with Crippen LogP contribution in [-0.4, -0.2) is 18.8 Å². The summed E-state index contributed by atoms with van der Waals surface area (Å²) in [7, 11) is 0. The Morgan fingerprint density at radius 1 is 1.39 bits per heavy atom. The molecule has 1 fully saturated rings. The number of hydrogen-bond acceptors (Lipinski definition) is 2. The van der Waals surface area contributed by atoms with Gasteiger partial charge in [-0.3, -0.25) is 0 Å². The first-order valence-corrected chi connectivity index (χ1v) is 7.01. The summed E-state index contributed by atoms with van der Waals surface area (Å²) in [4.78, 5) is 0. The Balaban J connectivity index is 2.37. The van der Waals surface area contributed by atoms with E-state index in [0.29, 0.717) is 6.04 Å². The van der Waals surface area contributed by atoms with Gasteiger partial charge in [0.25, 0.3) is 0 Å². The normalized spacial score (nSPS) is 25.3. The minimum atomic E-state index is -0.0609. The van der Waals surface area contributed by atoms with Gasteiger partial charge < -0.3 is 10.1 Å². The van der Waals surface area contributed by atoms with Crippen LogP contribution in [0.2, 0.25) is 0 Å². The highest BCUT2D eigenvalue weighted by molar-refractivity contribution is 5.34. The average Bonchev–Trinajstić information content (AvgIpc) is 2.77. The van der Waals surface area contributed by atoms with E-state index in [-0.39, 0.29) is 5.60 Å². The Hall–Kier alpha value is -0.860. The third-order valence-corrected chi connectivity index (χ3v) is 4.01. The van der Waals surface area contributed by atoms with E-state index in [1.165, 1.54) is 23.1 Å². The summed E-state index contributed by atoms with van der Waals surface area (Å²) in [6.45, 7) is 10.6. The molecule has 0 saturated carbocycles. The topological polar surface area (TPSA) is 21.3 Å². The molecule has 1 aliphatic rings. The Labute approximate surface area is 111 Å². The first-order valence-electron chi connectivity index (χ1n) is 7.01. The van der Waals surface area contributed by atoms with Crippen molar-refractivity contribution in [3.05, 3.63) is 34.9 Å². The maximum Gasteiger partial charge on any atom is 0.0849 e. The quantitative estimate of drug-likeness (QED) is 0.879. The summed E-state index contributed by atoms with van der Waals surface area (Å²) < 4.78 is 6.04. The molecule has 0 spiro atoms. The van der Waals surface area contributed by atoms with Crippen LogP contribution in [-0.2, 0) is 4.74 Å². The molecule has 2 atom stereocenters. The Bertz CT molecular complexity index is 408. The lowest BCUT2D eigenvalue weighted by molar-refractivity contribution is -0.0122. The highest BCUT2D eigenvalue weighted by atomic mass is 16.5. The lowest BCUT2D eigenvalue weighted by Crippen LogP contribution is -2.41. The van der Waals surface area contributed by atoms with E-state index in [1.54, 1.807) is 0 Å². The molecule has 1 saturated heterocycles. The lowest BCUT2D eigenvalue weighted by Gasteiger charge is -2.35. The van der Waals surface area contributed by atoms with Gasteiger partial charge in [0, 0.05) is 6.61 Å². The van der Waals surface area contributed by atoms with Crippen molar-refractivity contribution in [2.45, 2.75) is 52.2 Å². The molecule has 1 aliphatic heterocycles. The van der Waals surface area contributed by atoms with E-state index >= 15 is 0 Å². The fraction of sp³-hybridized carbons (Fsp3) is 0.625. The van der Waals surface area contributed by atoms with Crippen molar-refractivity contribution >= 4 is 0 Å². The van der Waals surface area contributed by atoms with E-state index in [2.05, 4.69) is 51.2 Å². The van der Waals surface area contributed by atoms with Crippen LogP contribution in [0.1, 0.15) is 49.4 Å². The number of hydrogen-bond donors (Lipinski definition) is 1. The van der Waals surface area contributed by atoms with Crippen LogP contribution in [0.25, 0.3) is 0 Å². The minimum Gasteiger partial charge on any atom is -0.373 e. The molecular formula is C16H25NO. The van der Waals surface area contributed by atoms with Crippen LogP contribution in [0.4, 0.5) is 0 Å². The first-order chi connectivity index (χ1) is 8.57. The lowest BCUT2D eigenvalue weighted by atomic mass is 9.85. The van der Waals surface area contributed by atoms with Crippen molar-refractivity contribution in [2.24, 2.45) is 0 Å². The van der Waals surface area contributed by atoms with Crippen LogP contribution >= 0.6 is 0 Å². The van der Waals surface area contributed by atoms with Gasteiger partial charge in [-0.25, -0.2) is 0 Å². The monoisotopic (exact) mass is 247 g/mol. The summed E-state index contributed by atoms with van der Waals surface area (Å²) in [5.41, 5.74) is 4.00. The average molecular weight is 247 g/mol. The van der Waals surface area contributed by atoms with Crippen molar-refractivity contribution in [3.63, 3.8) is 0 Å². The Morgan fingerprint density at radius 2 is 2.17 bits per heavy atom. The summed E-state index contributed by atoms with van der Waals surface area (Å²) >= 11 is 0. The number of nitrogens with one attached hydrogen (secondary N) is 1. The third kappa shape index (κ3) is 2.60. The molecule has 0 aromatic heterocycles. The predicted octanol–water partition coefficient (Wildman–Crippen LogP) is 3.52. The second-order valence-electron chi connectivity index (χ2n) is 5.62. The summed E-state index contributed by atoms with van der Waals surface area (Å²) in [5.74, 6) is 0. The number of benzene rings is 1. The molecule has 2 unspecified atom stereocenters. The van der Waals surface area contributed by atoms with Gasteiger partial charge in [0.15, 0.2) is 0 Å². The van der Waals surface area contributed by atoms with Crippen molar-refractivity contribution in [3.8, 4) is 0 Å². The van der Waals surface area contributed by atoms with Crippen molar-refractivity contribution in [1.82, 2.24) is 5.32 Å². The Kier molecular flexibility index (Phi) is 4.08. The summed E-state index contributed by atoms with van der Waals surface area (Å²) in [6.07, 6.45) is 2.31. The SMILES string of the molecule is CCNC(c1cc(C)ccc1C)C1(C)CCCO1. The number of aryl methyl sites for hydroxylation is 2. The molecular weight excluding hydrogens is 222 g/mol. The second kappa shape index (κ2) is 5.41. The van der Waals surface area contributed by atoms with Crippen molar-refractivity contribution in [2.75, 3.05) is 13.2 Å². The van der Waals surface area contributed by atoms with Crippen LogP contribution in [0.15, 0.2) is 18.2 Å². The number of rotatable bonds is 4. The Morgan fingerprint density at radius 3 is 2.78 bits per heavy atom. The zero-order valence-electron chi connectivity index (χ0n) is 12.0. The highest BCUT2D eigenvalue weighted by Gasteiger charge is 2.39. The molecule has 2 rings (SSSR count). The van der Waals surface area contributed by atoms with Gasteiger partial charge in [0.1, 0.15) is 0 Å². The molecule has 100 valence electrons. The first kappa shape index (κ1) is 13.6. The molecule has 2 nitrogen and oxygen atoms in total. The predicted molar refractivity (Wildman–Crippen MR) is 75.9 cm³/mol. The molecule has 0 bridgehead atoms. The molecule has 2 heteroatoms. The van der Waals surface area contributed by atoms with Crippen molar-refractivity contribution in [1.29, 1.82) is 0 Å². The van der Waals surface area contributed by atoms with Gasteiger partial charge in [0.05, 0.1) is 11.6 Å². The maximum atomic E-state index is 6.04. The van der Waals surface area contributed by atoms with E-state index in [1.807, 2.05) is 0 Å². The fourth-order valence-corrected chi connectivity index (χ4v) is 2.96. The highest BCUT2D eigenvalue weighted by Crippen LogP contribution is 2.38. The van der Waals surface area contributed by atoms with E-state index in [4.69, 9.17) is 4.74 Å². The second-order valence-corrected chi connectivity index (χ2v) is 5.62. The number of ether oxygens (including phenoxy) is 1. The smallest absolute Gasteiger partial charge is 0.0849 e. The largest absolute Gasteiger partial charge is 0.373 e. The zero-order chi connectivity index (χ0) is 13.2. The van der Waals surface area contributed by atoms with Crippen LogP contribution < -0.4 is 5.32 Å². The van der Waals surface area contributed by atoms with Crippen molar-refractivity contribution < 1.29 is 4.74 Å². The van der Waals surface area contributed by atoms with Gasteiger partial charge in [-0.2, -0.15) is 0 Å². The standard InChI is InChI=1S/C16H25NO/c1-5-17-15(16(4)9-6-10-18-16)14-11-12(2)7-8-13(14)3/h7-8,11,15,17H,5-6,9-10H2,1-4H3. The van der Waals surface area contributed by atoms with Gasteiger partial charge in [-0.15, -0.1) is 0 Å². The molecule has 0 aliphatic carbocycles. The molecule has 1 aromatic carbocycles. The summed E-state index contributed by atoms with van der Waals surface area (Å²) in [5, 5.41) is 3.62. The van der Waals surface area contributed by atoms with Gasteiger partial charge in [-0.05, 0) is 51.3 Å². The van der Waals surface area contributed by atoms with Gasteiger partial charge in [0.2, 0.25) is 0 Å². The van der Waals surface area contributed by atoms with Crippen LogP contribution in [0.5, 0.6) is 0 Å². The van der Waals surface area contributed by atoms with Crippen LogP contribution in [0, 0.1) is 13.8 Å². The minimum absolute atomic E-state index is 0.0609. The van der Waals surface area contributed by atoms with E-state index in [9.17, 15) is 0 Å². The van der Waals surface area contributed by atoms with Crippen LogP contribution in [0.3, 0.4) is 0 Å². The molecule has 0 amide bonds. The molecule has 0 radical (unpaired) electrons. The van der Waals surface area contributed by atoms with Gasteiger partial charge >= 0.3 is 0 Å². The van der Waals surface area contributed by atoms with Gasteiger partial charge in [-0.1, -0.05) is 30.7 Å². The third-order valence-electron chi connectivity index (χ3n) is 4.01. The summed E-state index contributed by atoms with van der Waals surface area (Å²) in [6, 6.07) is 6.99. The fourth-order valence-electron chi connectivity index (χ4n) is 2.96. The molecule has 1 N–H and O–H groups in total.